The molecule has 4 N–H and O–H groups in total. The Morgan fingerprint density at radius 1 is 0.507 bits per heavy atom. The molecule has 5 atom stereocenters. The van der Waals surface area contributed by atoms with Crippen LogP contribution in [0.15, 0.2) is 128 Å². The van der Waals surface area contributed by atoms with Gasteiger partial charge < -0.3 is 34.9 Å². The van der Waals surface area contributed by atoms with Gasteiger partial charge in [0, 0.05) is 0 Å². The Kier molecular flexibility index (Phi) is 34.7. The SMILES string of the molecule is CC(C)=CCC/C(C)=C/CC/C(C)=C/CC/C(C)=C/CC/C(C)=C/CC/C(C)=C/CC/C(C)=C/CC/C(C)=C/CC/C(C)=C/CC/C(C)=C/CC/C(C)=C/COP(=O)([O-])O[C@@H]1OCC(N)(C=O)[C@H](O)[C@H]1O. The van der Waals surface area contributed by atoms with E-state index in [9.17, 15) is 24.5 Å². The lowest BCUT2D eigenvalue weighted by molar-refractivity contribution is -0.276. The van der Waals surface area contributed by atoms with Crippen molar-refractivity contribution in [1.29, 1.82) is 0 Å². The van der Waals surface area contributed by atoms with Crippen LogP contribution >= 0.6 is 7.82 Å². The summed E-state index contributed by atoms with van der Waals surface area (Å²) in [5.74, 6) is 0. The molecule has 1 aliphatic heterocycles. The molecule has 0 aliphatic carbocycles. The number of carbonyl (C=O) groups excluding carboxylic acids is 1. The third-order valence-electron chi connectivity index (χ3n) is 13.1. The molecule has 0 saturated carbocycles. The number of carbonyl (C=O) groups is 1. The van der Waals surface area contributed by atoms with Crippen LogP contribution in [0.5, 0.6) is 0 Å². The van der Waals surface area contributed by atoms with Gasteiger partial charge >= 0.3 is 0 Å². The monoisotopic (exact) mass is 1000 g/mol. The van der Waals surface area contributed by atoms with Gasteiger partial charge in [0.2, 0.25) is 0 Å². The van der Waals surface area contributed by atoms with Crippen LogP contribution in [0.4, 0.5) is 0 Å². The Hall–Kier alpha value is -3.24. The number of allylic oxidation sites excluding steroid dienone is 21. The van der Waals surface area contributed by atoms with Gasteiger partial charge in [-0.3, -0.25) is 9.09 Å². The molecule has 402 valence electrons. The molecular formula is C61H99NO8P-. The van der Waals surface area contributed by atoms with Crippen molar-refractivity contribution < 1.29 is 38.3 Å². The minimum Gasteiger partial charge on any atom is -0.756 e. The summed E-state index contributed by atoms with van der Waals surface area (Å²) in [6, 6.07) is 0. The number of phosphoric ester groups is 1. The van der Waals surface area contributed by atoms with Crippen LogP contribution in [0, 0.1) is 0 Å². The second-order valence-corrected chi connectivity index (χ2v) is 22.2. The Balaban J connectivity index is 2.26. The van der Waals surface area contributed by atoms with E-state index in [1.54, 1.807) is 6.08 Å². The molecule has 9 nitrogen and oxygen atoms in total. The minimum atomic E-state index is -4.88. The molecule has 2 unspecified atom stereocenters. The second kappa shape index (κ2) is 37.5. The number of nitrogens with two attached hydrogens (primary N) is 1. The number of ether oxygens (including phenoxy) is 1. The number of hydrogen-bond donors (Lipinski definition) is 3. The molecule has 1 heterocycles. The number of phosphoric acid groups is 1. The maximum Gasteiger partial charge on any atom is 0.270 e. The summed E-state index contributed by atoms with van der Waals surface area (Å²) in [5, 5.41) is 20.2. The van der Waals surface area contributed by atoms with E-state index in [2.05, 4.69) is 137 Å². The van der Waals surface area contributed by atoms with Crippen molar-refractivity contribution in [3.63, 3.8) is 0 Å². The molecule has 0 bridgehead atoms. The highest BCUT2D eigenvalue weighted by molar-refractivity contribution is 7.45. The van der Waals surface area contributed by atoms with Gasteiger partial charge in [-0.25, -0.2) is 0 Å². The van der Waals surface area contributed by atoms with Crippen LogP contribution in [0.25, 0.3) is 0 Å². The number of hydrogen-bond acceptors (Lipinski definition) is 9. The first-order chi connectivity index (χ1) is 33.5. The summed E-state index contributed by atoms with van der Waals surface area (Å²) >= 11 is 0. The molecule has 0 amide bonds. The quantitative estimate of drug-likeness (QED) is 0.0316. The predicted octanol–water partition coefficient (Wildman–Crippen LogP) is 15.7. The number of rotatable bonds is 36. The van der Waals surface area contributed by atoms with Crippen LogP contribution < -0.4 is 10.6 Å². The minimum absolute atomic E-state index is 0.245. The van der Waals surface area contributed by atoms with Crippen LogP contribution in [0.3, 0.4) is 0 Å². The Bertz CT molecular complexity index is 1990. The highest BCUT2D eigenvalue weighted by atomic mass is 31.2. The molecule has 10 heteroatoms. The molecule has 1 aliphatic rings. The third kappa shape index (κ3) is 33.3. The highest BCUT2D eigenvalue weighted by Crippen LogP contribution is 2.42. The number of aldehydes is 1. The Morgan fingerprint density at radius 3 is 1.01 bits per heavy atom. The van der Waals surface area contributed by atoms with Crippen molar-refractivity contribution in [3.05, 3.63) is 128 Å². The fourth-order valence-corrected chi connectivity index (χ4v) is 8.79. The average molecular weight is 1010 g/mol. The maximum absolute atomic E-state index is 12.3. The van der Waals surface area contributed by atoms with E-state index in [4.69, 9.17) is 19.5 Å². The van der Waals surface area contributed by atoms with E-state index in [1.165, 1.54) is 68.6 Å². The van der Waals surface area contributed by atoms with Crippen molar-refractivity contribution in [2.45, 2.75) is 236 Å². The number of aliphatic hydroxyl groups is 2. The first kappa shape index (κ1) is 65.8. The lowest BCUT2D eigenvalue weighted by atomic mass is 9.89. The summed E-state index contributed by atoms with van der Waals surface area (Å²) in [6.45, 7) is 25.8. The summed E-state index contributed by atoms with van der Waals surface area (Å²) in [6.07, 6.45) is 42.1. The molecule has 1 rings (SSSR count). The normalized spacial score (nSPS) is 21.7. The first-order valence-electron chi connectivity index (χ1n) is 26.6. The third-order valence-corrected chi connectivity index (χ3v) is 14.1. The second-order valence-electron chi connectivity index (χ2n) is 20.9. The van der Waals surface area contributed by atoms with Crippen LogP contribution in [0.1, 0.15) is 212 Å². The van der Waals surface area contributed by atoms with Gasteiger partial charge in [0.25, 0.3) is 7.82 Å². The highest BCUT2D eigenvalue weighted by Gasteiger charge is 2.48. The molecule has 0 aromatic carbocycles. The van der Waals surface area contributed by atoms with Crippen molar-refractivity contribution in [1.82, 2.24) is 0 Å². The van der Waals surface area contributed by atoms with Gasteiger partial charge in [-0.15, -0.1) is 0 Å². The molecule has 71 heavy (non-hydrogen) atoms. The summed E-state index contributed by atoms with van der Waals surface area (Å²) in [4.78, 5) is 23.4. The lowest BCUT2D eigenvalue weighted by Crippen LogP contribution is -2.67. The lowest BCUT2D eigenvalue weighted by Gasteiger charge is -2.42. The van der Waals surface area contributed by atoms with E-state index in [1.807, 2.05) is 6.92 Å². The van der Waals surface area contributed by atoms with Crippen molar-refractivity contribution in [2.75, 3.05) is 13.2 Å². The Morgan fingerprint density at radius 2 is 0.761 bits per heavy atom. The van der Waals surface area contributed by atoms with E-state index in [0.717, 1.165) is 121 Å². The largest absolute Gasteiger partial charge is 0.756 e. The predicted molar refractivity (Wildman–Crippen MR) is 299 cm³/mol. The van der Waals surface area contributed by atoms with E-state index >= 15 is 0 Å². The zero-order chi connectivity index (χ0) is 53.2. The van der Waals surface area contributed by atoms with Gasteiger partial charge in [0.15, 0.2) is 6.29 Å². The maximum atomic E-state index is 12.3. The van der Waals surface area contributed by atoms with E-state index in [-0.39, 0.29) is 12.9 Å². The van der Waals surface area contributed by atoms with E-state index in [0.29, 0.717) is 0 Å². The fourth-order valence-electron chi connectivity index (χ4n) is 8.03. The van der Waals surface area contributed by atoms with Gasteiger partial charge in [0.1, 0.15) is 24.0 Å². The van der Waals surface area contributed by atoms with Crippen LogP contribution in [-0.4, -0.2) is 53.7 Å². The molecule has 0 aromatic heterocycles. The van der Waals surface area contributed by atoms with Gasteiger partial charge in [-0.1, -0.05) is 128 Å². The standard InChI is InChI=1S/C61H100NO8P/c1-47(2)23-13-24-48(3)25-14-26-49(4)27-15-28-50(5)29-16-30-51(6)31-17-32-52(7)33-18-34-53(8)35-19-36-54(9)37-20-38-55(10)39-21-40-56(11)41-22-42-57(12)43-44-69-71(66,67)70-60-58(64)59(65)61(62,45-63)46-68-60/h23,25,27,29,31,33,35,37,39,41,43,45,58-60,64-65H,13-22,24,26,28,30,32,34,36,38,40,42,44,46,62H2,1-12H3,(H,66,67)/p-1/b48-25+,49-27+,50-29+,51-31+,52-33+,53-35+,54-37+,55-39+,56-41+,57-43+/t58-,59-,60+,61?/m1/s1. The van der Waals surface area contributed by atoms with Gasteiger partial charge in [-0.2, -0.15) is 0 Å². The smallest absolute Gasteiger partial charge is 0.270 e. The first-order valence-corrected chi connectivity index (χ1v) is 28.1. The average Bonchev–Trinajstić information content (AvgIpc) is 3.29. The molecule has 0 radical (unpaired) electrons. The van der Waals surface area contributed by atoms with Crippen LogP contribution in [0.2, 0.25) is 0 Å². The molecule has 1 saturated heterocycles. The van der Waals surface area contributed by atoms with Crippen molar-refractivity contribution in [2.24, 2.45) is 5.73 Å². The van der Waals surface area contributed by atoms with E-state index < -0.39 is 38.5 Å². The van der Waals surface area contributed by atoms with Crippen molar-refractivity contribution >= 4 is 14.1 Å². The number of aliphatic hydroxyl groups excluding tert-OH is 2. The molecular weight excluding hydrogens is 906 g/mol. The zero-order valence-corrected chi connectivity index (χ0v) is 47.5. The molecule has 1 fully saturated rings. The summed E-state index contributed by atoms with van der Waals surface area (Å²) in [5.41, 5.74) is 19.4. The Labute approximate surface area is 433 Å². The van der Waals surface area contributed by atoms with Gasteiger partial charge in [-0.05, 0) is 212 Å². The summed E-state index contributed by atoms with van der Waals surface area (Å²) in [7, 11) is -4.88. The summed E-state index contributed by atoms with van der Waals surface area (Å²) < 4.78 is 27.0. The fraction of sp³-hybridized carbons (Fsp3) is 0.623. The van der Waals surface area contributed by atoms with Crippen molar-refractivity contribution in [3.8, 4) is 0 Å². The topological polar surface area (TPSA) is 151 Å². The van der Waals surface area contributed by atoms with Gasteiger partial charge in [0.05, 0.1) is 13.2 Å². The molecule has 0 spiro atoms. The zero-order valence-electron chi connectivity index (χ0n) is 46.6. The molecule has 0 aromatic rings. The van der Waals surface area contributed by atoms with Crippen LogP contribution in [-0.2, 0) is 23.1 Å².